The molecule has 1 N–H and O–H groups in total. The Hall–Kier alpha value is -3.06. The summed E-state index contributed by atoms with van der Waals surface area (Å²) in [5.74, 6) is -1.20. The van der Waals surface area contributed by atoms with Gasteiger partial charge in [-0.3, -0.25) is 14.9 Å². The SMILES string of the molecule is Cc1ccc(N2CCC(C(=O)Nc3nnc(-c4ccccc4)s3)C2=O)cc1C. The second-order valence-electron chi connectivity index (χ2n) is 6.87. The van der Waals surface area contributed by atoms with Crippen LogP contribution in [0.1, 0.15) is 17.5 Å². The van der Waals surface area contributed by atoms with Crippen molar-refractivity contribution < 1.29 is 9.59 Å². The number of hydrogen-bond donors (Lipinski definition) is 1. The molecule has 0 bridgehead atoms. The van der Waals surface area contributed by atoms with Crippen molar-refractivity contribution >= 4 is 34.0 Å². The molecule has 2 heterocycles. The molecule has 2 aromatic carbocycles. The molecule has 1 saturated heterocycles. The summed E-state index contributed by atoms with van der Waals surface area (Å²) in [7, 11) is 0. The molecule has 6 nitrogen and oxygen atoms in total. The molecule has 7 heteroatoms. The van der Waals surface area contributed by atoms with Crippen LogP contribution in [-0.2, 0) is 9.59 Å². The van der Waals surface area contributed by atoms with Gasteiger partial charge in [-0.1, -0.05) is 47.7 Å². The molecule has 2 amide bonds. The molecule has 0 saturated carbocycles. The number of hydrogen-bond acceptors (Lipinski definition) is 5. The highest BCUT2D eigenvalue weighted by Gasteiger charge is 2.38. The van der Waals surface area contributed by atoms with Gasteiger partial charge in [0.15, 0.2) is 0 Å². The van der Waals surface area contributed by atoms with Crippen LogP contribution in [-0.4, -0.2) is 28.6 Å². The zero-order chi connectivity index (χ0) is 19.7. The lowest BCUT2D eigenvalue weighted by molar-refractivity contribution is -0.129. The largest absolute Gasteiger partial charge is 0.312 e. The normalized spacial score (nSPS) is 16.4. The first kappa shape index (κ1) is 18.3. The molecule has 1 fully saturated rings. The highest BCUT2D eigenvalue weighted by atomic mass is 32.1. The minimum atomic E-state index is -0.703. The van der Waals surface area contributed by atoms with Gasteiger partial charge >= 0.3 is 0 Å². The van der Waals surface area contributed by atoms with Gasteiger partial charge in [-0.2, -0.15) is 0 Å². The smallest absolute Gasteiger partial charge is 0.239 e. The number of rotatable bonds is 4. The summed E-state index contributed by atoms with van der Waals surface area (Å²) in [6.07, 6.45) is 0.488. The van der Waals surface area contributed by atoms with Crippen molar-refractivity contribution in [2.24, 2.45) is 5.92 Å². The molecule has 1 atom stereocenters. The molecule has 1 aliphatic heterocycles. The topological polar surface area (TPSA) is 75.2 Å². The molecule has 0 spiro atoms. The van der Waals surface area contributed by atoms with Crippen LogP contribution in [0.25, 0.3) is 10.6 Å². The maximum absolute atomic E-state index is 12.8. The van der Waals surface area contributed by atoms with E-state index in [1.807, 2.05) is 62.4 Å². The van der Waals surface area contributed by atoms with E-state index in [1.54, 1.807) is 4.90 Å². The fourth-order valence-electron chi connectivity index (χ4n) is 3.24. The highest BCUT2D eigenvalue weighted by molar-refractivity contribution is 7.18. The fraction of sp³-hybridized carbons (Fsp3) is 0.238. The maximum atomic E-state index is 12.8. The monoisotopic (exact) mass is 392 g/mol. The summed E-state index contributed by atoms with van der Waals surface area (Å²) in [5.41, 5.74) is 4.08. The van der Waals surface area contributed by atoms with Crippen molar-refractivity contribution in [1.29, 1.82) is 0 Å². The summed E-state index contributed by atoms with van der Waals surface area (Å²) in [6, 6.07) is 15.6. The van der Waals surface area contributed by atoms with Crippen LogP contribution in [0.2, 0.25) is 0 Å². The van der Waals surface area contributed by atoms with Crippen molar-refractivity contribution in [1.82, 2.24) is 10.2 Å². The average Bonchev–Trinajstić information content (AvgIpc) is 3.31. The van der Waals surface area contributed by atoms with Gasteiger partial charge in [-0.25, -0.2) is 0 Å². The van der Waals surface area contributed by atoms with Crippen molar-refractivity contribution in [3.8, 4) is 10.6 Å². The lowest BCUT2D eigenvalue weighted by Gasteiger charge is -2.17. The van der Waals surface area contributed by atoms with Crippen molar-refractivity contribution in [3.63, 3.8) is 0 Å². The Morgan fingerprint density at radius 1 is 1.11 bits per heavy atom. The van der Waals surface area contributed by atoms with Crippen molar-refractivity contribution in [2.75, 3.05) is 16.8 Å². The third kappa shape index (κ3) is 3.53. The van der Waals surface area contributed by atoms with Gasteiger partial charge in [-0.15, -0.1) is 10.2 Å². The Bertz CT molecular complexity index is 1030. The number of amides is 2. The fourth-order valence-corrected chi connectivity index (χ4v) is 3.99. The van der Waals surface area contributed by atoms with Crippen LogP contribution >= 0.6 is 11.3 Å². The van der Waals surface area contributed by atoms with Gasteiger partial charge in [0.1, 0.15) is 10.9 Å². The first-order chi connectivity index (χ1) is 13.5. The lowest BCUT2D eigenvalue weighted by atomic mass is 10.1. The average molecular weight is 392 g/mol. The third-order valence-electron chi connectivity index (χ3n) is 5.00. The van der Waals surface area contributed by atoms with E-state index < -0.39 is 5.92 Å². The summed E-state index contributed by atoms with van der Waals surface area (Å²) in [4.78, 5) is 27.1. The van der Waals surface area contributed by atoms with E-state index in [0.29, 0.717) is 18.1 Å². The second kappa shape index (κ2) is 7.52. The van der Waals surface area contributed by atoms with Crippen LogP contribution in [0.4, 0.5) is 10.8 Å². The number of aryl methyl sites for hydroxylation is 2. The van der Waals surface area contributed by atoms with E-state index in [1.165, 1.54) is 16.9 Å². The van der Waals surface area contributed by atoms with E-state index in [9.17, 15) is 9.59 Å². The van der Waals surface area contributed by atoms with Crippen LogP contribution < -0.4 is 10.2 Å². The van der Waals surface area contributed by atoms with Gasteiger partial charge in [0.2, 0.25) is 16.9 Å². The lowest BCUT2D eigenvalue weighted by Crippen LogP contribution is -2.33. The molecule has 28 heavy (non-hydrogen) atoms. The number of anilines is 2. The Morgan fingerprint density at radius 2 is 1.89 bits per heavy atom. The van der Waals surface area contributed by atoms with E-state index >= 15 is 0 Å². The minimum absolute atomic E-state index is 0.173. The molecule has 1 aliphatic rings. The van der Waals surface area contributed by atoms with Gasteiger partial charge in [-0.05, 0) is 43.5 Å². The molecule has 4 rings (SSSR count). The number of nitrogens with one attached hydrogen (secondary N) is 1. The van der Waals surface area contributed by atoms with E-state index in [0.717, 1.165) is 21.8 Å². The highest BCUT2D eigenvalue weighted by Crippen LogP contribution is 2.29. The number of aromatic nitrogens is 2. The van der Waals surface area contributed by atoms with Gasteiger partial charge < -0.3 is 4.90 Å². The van der Waals surface area contributed by atoms with Crippen LogP contribution in [0.15, 0.2) is 48.5 Å². The predicted octanol–water partition coefficient (Wildman–Crippen LogP) is 3.81. The summed E-state index contributed by atoms with van der Waals surface area (Å²) in [6.45, 7) is 4.58. The molecule has 3 aromatic rings. The Balaban J connectivity index is 1.45. The number of carbonyl (C=O) groups is 2. The molecular weight excluding hydrogens is 372 g/mol. The second-order valence-corrected chi connectivity index (χ2v) is 7.84. The standard InChI is InChI=1S/C21H20N4O2S/c1-13-8-9-16(12-14(13)2)25-11-10-17(20(25)27)18(26)22-21-24-23-19(28-21)15-6-4-3-5-7-15/h3-9,12,17H,10-11H2,1-2H3,(H,22,24,26). The van der Waals surface area contributed by atoms with E-state index in [-0.39, 0.29) is 11.8 Å². The van der Waals surface area contributed by atoms with E-state index in [2.05, 4.69) is 15.5 Å². The molecule has 142 valence electrons. The van der Waals surface area contributed by atoms with Gasteiger partial charge in [0.05, 0.1) is 0 Å². The summed E-state index contributed by atoms with van der Waals surface area (Å²) in [5, 5.41) is 12.0. The van der Waals surface area contributed by atoms with Crippen LogP contribution in [0.5, 0.6) is 0 Å². The first-order valence-electron chi connectivity index (χ1n) is 9.11. The Kier molecular flexibility index (Phi) is 4.92. The van der Waals surface area contributed by atoms with E-state index in [4.69, 9.17) is 0 Å². The van der Waals surface area contributed by atoms with Gasteiger partial charge in [0.25, 0.3) is 0 Å². The molecular formula is C21H20N4O2S. The van der Waals surface area contributed by atoms with Crippen LogP contribution in [0.3, 0.4) is 0 Å². The number of carbonyl (C=O) groups excluding carboxylic acids is 2. The molecule has 0 aliphatic carbocycles. The summed E-state index contributed by atoms with van der Waals surface area (Å²) >= 11 is 1.30. The Morgan fingerprint density at radius 3 is 2.64 bits per heavy atom. The maximum Gasteiger partial charge on any atom is 0.239 e. The molecule has 0 radical (unpaired) electrons. The molecule has 1 aromatic heterocycles. The zero-order valence-electron chi connectivity index (χ0n) is 15.7. The first-order valence-corrected chi connectivity index (χ1v) is 9.93. The third-order valence-corrected chi connectivity index (χ3v) is 5.89. The zero-order valence-corrected chi connectivity index (χ0v) is 16.5. The summed E-state index contributed by atoms with van der Waals surface area (Å²) < 4.78 is 0. The number of benzene rings is 2. The quantitative estimate of drug-likeness (QED) is 0.685. The van der Waals surface area contributed by atoms with Crippen molar-refractivity contribution in [3.05, 3.63) is 59.7 Å². The van der Waals surface area contributed by atoms with Crippen LogP contribution in [0, 0.1) is 19.8 Å². The number of nitrogens with zero attached hydrogens (tertiary/aromatic N) is 3. The van der Waals surface area contributed by atoms with Crippen molar-refractivity contribution in [2.45, 2.75) is 20.3 Å². The minimum Gasteiger partial charge on any atom is -0.312 e. The Labute approximate surface area is 167 Å². The predicted molar refractivity (Wildman–Crippen MR) is 110 cm³/mol. The van der Waals surface area contributed by atoms with Gasteiger partial charge in [0, 0.05) is 17.8 Å². The molecule has 1 unspecified atom stereocenters.